The number of likely N-dealkylation sites (tertiary alicyclic amines) is 1. The molecule has 1 aromatic heterocycles. The van der Waals surface area contributed by atoms with Crippen molar-refractivity contribution in [1.82, 2.24) is 14.7 Å². The topological polar surface area (TPSA) is 64.2 Å². The minimum Gasteiger partial charge on any atom is -0.336 e. The summed E-state index contributed by atoms with van der Waals surface area (Å²) in [6.07, 6.45) is 0. The van der Waals surface area contributed by atoms with Crippen LogP contribution in [0, 0.1) is 19.7 Å². The van der Waals surface area contributed by atoms with Gasteiger partial charge in [-0.3, -0.25) is 4.79 Å². The number of aryl methyl sites for hydroxylation is 2. The minimum absolute atomic E-state index is 0.0870. The number of hydrogen-bond acceptors (Lipinski definition) is 3. The molecule has 2 N–H and O–H groups in total. The smallest absolute Gasteiger partial charge is 0.254 e. The Balaban J connectivity index is 1.56. The lowest BCUT2D eigenvalue weighted by Gasteiger charge is -2.17. The maximum Gasteiger partial charge on any atom is 0.254 e. The zero-order chi connectivity index (χ0) is 19.8. The monoisotopic (exact) mass is 378 g/mol. The summed E-state index contributed by atoms with van der Waals surface area (Å²) in [6, 6.07) is 16.3. The number of carbonyl (C=O) groups is 1. The van der Waals surface area contributed by atoms with E-state index in [1.807, 2.05) is 50.2 Å². The molecule has 1 aliphatic heterocycles. The molecule has 28 heavy (non-hydrogen) atoms. The first-order chi connectivity index (χ1) is 13.4. The van der Waals surface area contributed by atoms with Gasteiger partial charge in [0, 0.05) is 36.3 Å². The van der Waals surface area contributed by atoms with Crippen molar-refractivity contribution in [2.24, 2.45) is 5.73 Å². The lowest BCUT2D eigenvalue weighted by atomic mass is 9.95. The van der Waals surface area contributed by atoms with E-state index >= 15 is 0 Å². The van der Waals surface area contributed by atoms with Crippen LogP contribution >= 0.6 is 0 Å². The number of hydrogen-bond donors (Lipinski definition) is 1. The van der Waals surface area contributed by atoms with E-state index in [4.69, 9.17) is 5.73 Å². The molecule has 5 nitrogen and oxygen atoms in total. The van der Waals surface area contributed by atoms with Crippen molar-refractivity contribution >= 4 is 5.91 Å². The predicted octanol–water partition coefficient (Wildman–Crippen LogP) is 3.20. The SMILES string of the molecule is Cc1cc(C)n(-c2ccc(C(=O)N3C[C@@H](N)[C@H](c4ccccc4)C3)cc2F)n1. The Morgan fingerprint density at radius 1 is 1.11 bits per heavy atom. The molecule has 1 amide bonds. The highest BCUT2D eigenvalue weighted by atomic mass is 19.1. The summed E-state index contributed by atoms with van der Waals surface area (Å²) >= 11 is 0. The summed E-state index contributed by atoms with van der Waals surface area (Å²) < 4.78 is 16.3. The van der Waals surface area contributed by atoms with Crippen LogP contribution in [0.4, 0.5) is 4.39 Å². The number of halogens is 1. The summed E-state index contributed by atoms with van der Waals surface area (Å²) in [4.78, 5) is 14.6. The number of nitrogens with zero attached hydrogens (tertiary/aromatic N) is 3. The molecule has 2 atom stereocenters. The van der Waals surface area contributed by atoms with Gasteiger partial charge >= 0.3 is 0 Å². The zero-order valence-electron chi connectivity index (χ0n) is 16.0. The predicted molar refractivity (Wildman–Crippen MR) is 106 cm³/mol. The first kappa shape index (κ1) is 18.4. The summed E-state index contributed by atoms with van der Waals surface area (Å²) in [5.41, 5.74) is 9.72. The van der Waals surface area contributed by atoms with Crippen molar-refractivity contribution in [3.8, 4) is 5.69 Å². The van der Waals surface area contributed by atoms with E-state index in [1.54, 1.807) is 21.7 Å². The van der Waals surface area contributed by atoms with Crippen molar-refractivity contribution in [2.45, 2.75) is 25.8 Å². The maximum absolute atomic E-state index is 14.7. The Labute approximate surface area is 163 Å². The zero-order valence-corrected chi connectivity index (χ0v) is 16.0. The Morgan fingerprint density at radius 3 is 2.50 bits per heavy atom. The van der Waals surface area contributed by atoms with E-state index in [1.165, 1.54) is 6.07 Å². The van der Waals surface area contributed by atoms with Crippen LogP contribution in [0.1, 0.15) is 33.2 Å². The number of carbonyl (C=O) groups excluding carboxylic acids is 1. The van der Waals surface area contributed by atoms with Gasteiger partial charge in [0.2, 0.25) is 0 Å². The number of nitrogens with two attached hydrogens (primary N) is 1. The summed E-state index contributed by atoms with van der Waals surface area (Å²) in [6.45, 7) is 4.72. The van der Waals surface area contributed by atoms with Crippen molar-refractivity contribution in [1.29, 1.82) is 0 Å². The van der Waals surface area contributed by atoms with Gasteiger partial charge in [0.25, 0.3) is 5.91 Å². The first-order valence-corrected chi connectivity index (χ1v) is 9.37. The quantitative estimate of drug-likeness (QED) is 0.761. The average molecular weight is 378 g/mol. The van der Waals surface area contributed by atoms with Gasteiger partial charge in [-0.15, -0.1) is 0 Å². The lowest BCUT2D eigenvalue weighted by Crippen LogP contribution is -2.32. The van der Waals surface area contributed by atoms with Crippen LogP contribution in [0.5, 0.6) is 0 Å². The van der Waals surface area contributed by atoms with Crippen molar-refractivity contribution < 1.29 is 9.18 Å². The third kappa shape index (κ3) is 3.31. The van der Waals surface area contributed by atoms with Crippen LogP contribution in [0.25, 0.3) is 5.69 Å². The Hall–Kier alpha value is -2.99. The maximum atomic E-state index is 14.7. The van der Waals surface area contributed by atoms with Crippen molar-refractivity contribution in [3.05, 3.63) is 82.9 Å². The Kier molecular flexibility index (Phi) is 4.73. The standard InChI is InChI=1S/C22H23FN4O/c1-14-10-15(2)27(25-14)21-9-8-17(11-19(21)23)22(28)26-12-18(20(24)13-26)16-6-4-3-5-7-16/h3-11,18,20H,12-13,24H2,1-2H3/t18-,20+/m0/s1. The van der Waals surface area contributed by atoms with Crippen molar-refractivity contribution in [2.75, 3.05) is 13.1 Å². The molecule has 1 fully saturated rings. The molecule has 4 rings (SSSR count). The van der Waals surface area contributed by atoms with Gasteiger partial charge in [-0.1, -0.05) is 30.3 Å². The third-order valence-electron chi connectivity index (χ3n) is 5.31. The van der Waals surface area contributed by atoms with Gasteiger partial charge in [-0.2, -0.15) is 5.10 Å². The minimum atomic E-state index is -0.472. The normalized spacial score (nSPS) is 19.2. The van der Waals surface area contributed by atoms with Crippen LogP contribution in [0.15, 0.2) is 54.6 Å². The molecule has 3 aromatic rings. The van der Waals surface area contributed by atoms with Gasteiger partial charge in [-0.25, -0.2) is 9.07 Å². The summed E-state index contributed by atoms with van der Waals surface area (Å²) in [5, 5.41) is 4.31. The van der Waals surface area contributed by atoms with E-state index in [0.29, 0.717) is 24.3 Å². The second-order valence-corrected chi connectivity index (χ2v) is 7.40. The number of benzene rings is 2. The van der Waals surface area contributed by atoms with Gasteiger partial charge in [0.1, 0.15) is 11.5 Å². The molecule has 6 heteroatoms. The number of amides is 1. The van der Waals surface area contributed by atoms with Crippen LogP contribution in [-0.4, -0.2) is 39.7 Å². The van der Waals surface area contributed by atoms with Crippen LogP contribution in [0.2, 0.25) is 0 Å². The second-order valence-electron chi connectivity index (χ2n) is 7.40. The highest BCUT2D eigenvalue weighted by molar-refractivity contribution is 5.94. The Bertz CT molecular complexity index is 1010. The van der Waals surface area contributed by atoms with E-state index < -0.39 is 5.82 Å². The molecule has 0 radical (unpaired) electrons. The molecular weight excluding hydrogens is 355 g/mol. The van der Waals surface area contributed by atoms with Gasteiger partial charge in [-0.05, 0) is 43.7 Å². The van der Waals surface area contributed by atoms with Gasteiger partial charge < -0.3 is 10.6 Å². The largest absolute Gasteiger partial charge is 0.336 e. The van der Waals surface area contributed by atoms with Gasteiger partial charge in [0.05, 0.1) is 5.69 Å². The summed E-state index contributed by atoms with van der Waals surface area (Å²) in [5.74, 6) is -0.586. The van der Waals surface area contributed by atoms with Gasteiger partial charge in [0.15, 0.2) is 0 Å². The fourth-order valence-corrected chi connectivity index (χ4v) is 3.91. The van der Waals surface area contributed by atoms with E-state index in [0.717, 1.165) is 17.0 Å². The van der Waals surface area contributed by atoms with Crippen LogP contribution < -0.4 is 5.73 Å². The van der Waals surface area contributed by atoms with E-state index in [9.17, 15) is 9.18 Å². The summed E-state index contributed by atoms with van der Waals surface area (Å²) in [7, 11) is 0. The van der Waals surface area contributed by atoms with Crippen molar-refractivity contribution in [3.63, 3.8) is 0 Å². The fraction of sp³-hybridized carbons (Fsp3) is 0.273. The molecule has 1 aliphatic rings. The Morgan fingerprint density at radius 2 is 1.86 bits per heavy atom. The molecular formula is C22H23FN4O. The number of aromatic nitrogens is 2. The van der Waals surface area contributed by atoms with Crippen LogP contribution in [-0.2, 0) is 0 Å². The molecule has 0 bridgehead atoms. The second kappa shape index (κ2) is 7.20. The molecule has 1 saturated heterocycles. The lowest BCUT2D eigenvalue weighted by molar-refractivity contribution is 0.0788. The molecule has 0 saturated carbocycles. The molecule has 2 heterocycles. The molecule has 0 spiro atoms. The fourth-order valence-electron chi connectivity index (χ4n) is 3.91. The molecule has 0 aliphatic carbocycles. The third-order valence-corrected chi connectivity index (χ3v) is 5.31. The molecule has 144 valence electrons. The average Bonchev–Trinajstić information content (AvgIpc) is 3.23. The molecule has 2 aromatic carbocycles. The van der Waals surface area contributed by atoms with Crippen LogP contribution in [0.3, 0.4) is 0 Å². The number of rotatable bonds is 3. The highest BCUT2D eigenvalue weighted by Gasteiger charge is 2.34. The highest BCUT2D eigenvalue weighted by Crippen LogP contribution is 2.28. The van der Waals surface area contributed by atoms with E-state index in [2.05, 4.69) is 5.10 Å². The first-order valence-electron chi connectivity index (χ1n) is 9.37. The van der Waals surface area contributed by atoms with E-state index in [-0.39, 0.29) is 17.9 Å². The molecule has 0 unspecified atom stereocenters.